The topological polar surface area (TPSA) is 57.7 Å². The first kappa shape index (κ1) is 15.9. The van der Waals surface area contributed by atoms with E-state index in [9.17, 15) is 17.6 Å². The fourth-order valence-electron chi connectivity index (χ4n) is 3.13. The Morgan fingerprint density at radius 1 is 1.32 bits per heavy atom. The molecule has 0 unspecified atom stereocenters. The van der Waals surface area contributed by atoms with Crippen LogP contribution in [-0.2, 0) is 21.4 Å². The highest BCUT2D eigenvalue weighted by atomic mass is 79.9. The lowest BCUT2D eigenvalue weighted by Gasteiger charge is -2.35. The van der Waals surface area contributed by atoms with Gasteiger partial charge in [-0.05, 0) is 40.9 Å². The molecule has 22 heavy (non-hydrogen) atoms. The van der Waals surface area contributed by atoms with Crippen molar-refractivity contribution in [2.45, 2.75) is 37.2 Å². The van der Waals surface area contributed by atoms with Gasteiger partial charge in [-0.3, -0.25) is 4.79 Å². The van der Waals surface area contributed by atoms with Crippen molar-refractivity contribution in [1.82, 2.24) is 9.21 Å². The minimum absolute atomic E-state index is 0.000917. The molecule has 0 aromatic heterocycles. The van der Waals surface area contributed by atoms with Gasteiger partial charge in [0.25, 0.3) is 0 Å². The lowest BCUT2D eigenvalue weighted by Crippen LogP contribution is -2.46. The first-order valence-electron chi connectivity index (χ1n) is 7.06. The number of nitrogens with zero attached hydrogens (tertiary/aromatic N) is 2. The summed E-state index contributed by atoms with van der Waals surface area (Å²) >= 11 is 3.09. The molecule has 3 rings (SSSR count). The Balaban J connectivity index is 1.86. The SMILES string of the molecule is CC(=O)N1CCC(N2Cc3c(ccc(Br)c3F)S2(=O)=O)CC1. The van der Waals surface area contributed by atoms with Crippen molar-refractivity contribution in [1.29, 1.82) is 0 Å². The number of hydrogen-bond donors (Lipinski definition) is 0. The van der Waals surface area contributed by atoms with Gasteiger partial charge in [0.15, 0.2) is 0 Å². The van der Waals surface area contributed by atoms with E-state index in [1.54, 1.807) is 4.90 Å². The van der Waals surface area contributed by atoms with Gasteiger partial charge >= 0.3 is 0 Å². The van der Waals surface area contributed by atoms with E-state index in [-0.39, 0.29) is 33.4 Å². The van der Waals surface area contributed by atoms with Gasteiger partial charge in [-0.1, -0.05) is 0 Å². The number of carbonyl (C=O) groups excluding carboxylic acids is 1. The van der Waals surface area contributed by atoms with Crippen LogP contribution in [0.25, 0.3) is 0 Å². The number of likely N-dealkylation sites (tertiary alicyclic amines) is 1. The largest absolute Gasteiger partial charge is 0.343 e. The minimum atomic E-state index is -3.65. The summed E-state index contributed by atoms with van der Waals surface area (Å²) in [6, 6.07) is 2.68. The number of fused-ring (bicyclic) bond motifs is 1. The zero-order chi connectivity index (χ0) is 16.1. The van der Waals surface area contributed by atoms with Crippen LogP contribution in [-0.4, -0.2) is 42.7 Å². The fourth-order valence-corrected chi connectivity index (χ4v) is 5.36. The summed E-state index contributed by atoms with van der Waals surface area (Å²) in [5.74, 6) is -0.509. The van der Waals surface area contributed by atoms with E-state index in [4.69, 9.17) is 0 Å². The predicted molar refractivity (Wildman–Crippen MR) is 82.1 cm³/mol. The van der Waals surface area contributed by atoms with Gasteiger partial charge < -0.3 is 4.90 Å². The molecule has 1 amide bonds. The third kappa shape index (κ3) is 2.47. The molecule has 0 aliphatic carbocycles. The number of amides is 1. The van der Waals surface area contributed by atoms with Gasteiger partial charge in [0.1, 0.15) is 5.82 Å². The van der Waals surface area contributed by atoms with Crippen molar-refractivity contribution in [3.8, 4) is 0 Å². The monoisotopic (exact) mass is 390 g/mol. The molecule has 8 heteroatoms. The molecule has 0 radical (unpaired) electrons. The standard InChI is InChI=1S/C14H16BrFN2O3S/c1-9(19)17-6-4-10(5-7-17)18-8-11-13(22(18,20)21)3-2-12(15)14(11)16/h2-3,10H,4-8H2,1H3. The van der Waals surface area contributed by atoms with Crippen molar-refractivity contribution in [2.75, 3.05) is 13.1 Å². The molecule has 0 N–H and O–H groups in total. The van der Waals surface area contributed by atoms with Crippen molar-refractivity contribution in [3.05, 3.63) is 28.0 Å². The van der Waals surface area contributed by atoms with Gasteiger partial charge in [-0.2, -0.15) is 4.31 Å². The van der Waals surface area contributed by atoms with E-state index < -0.39 is 15.8 Å². The van der Waals surface area contributed by atoms with Crippen LogP contribution in [0.4, 0.5) is 4.39 Å². The highest BCUT2D eigenvalue weighted by Crippen LogP contribution is 2.37. The van der Waals surface area contributed by atoms with Crippen LogP contribution in [0, 0.1) is 5.82 Å². The third-order valence-electron chi connectivity index (χ3n) is 4.37. The zero-order valence-electron chi connectivity index (χ0n) is 12.1. The normalized spacial score (nSPS) is 21.9. The van der Waals surface area contributed by atoms with Crippen LogP contribution in [0.3, 0.4) is 0 Å². The maximum atomic E-state index is 14.2. The van der Waals surface area contributed by atoms with Crippen LogP contribution in [0.5, 0.6) is 0 Å². The van der Waals surface area contributed by atoms with E-state index in [1.165, 1.54) is 23.4 Å². The average molecular weight is 391 g/mol. The zero-order valence-corrected chi connectivity index (χ0v) is 14.5. The second-order valence-corrected chi connectivity index (χ2v) is 8.34. The van der Waals surface area contributed by atoms with E-state index in [0.29, 0.717) is 25.9 Å². The second-order valence-electron chi connectivity index (χ2n) is 5.63. The number of halogens is 2. The summed E-state index contributed by atoms with van der Waals surface area (Å²) < 4.78 is 41.1. The molecule has 2 aliphatic heterocycles. The Hall–Kier alpha value is -0.990. The quantitative estimate of drug-likeness (QED) is 0.737. The number of hydrogen-bond acceptors (Lipinski definition) is 3. The number of rotatable bonds is 1. The van der Waals surface area contributed by atoms with E-state index in [2.05, 4.69) is 15.9 Å². The van der Waals surface area contributed by atoms with Gasteiger partial charge in [0.05, 0.1) is 9.37 Å². The van der Waals surface area contributed by atoms with Crippen LogP contribution in [0.15, 0.2) is 21.5 Å². The molecule has 0 saturated carbocycles. The van der Waals surface area contributed by atoms with Gasteiger partial charge in [-0.25, -0.2) is 12.8 Å². The maximum absolute atomic E-state index is 14.2. The number of carbonyl (C=O) groups is 1. The van der Waals surface area contributed by atoms with Gasteiger partial charge in [0.2, 0.25) is 15.9 Å². The molecule has 0 atom stereocenters. The van der Waals surface area contributed by atoms with Crippen LogP contribution < -0.4 is 0 Å². The van der Waals surface area contributed by atoms with E-state index >= 15 is 0 Å². The lowest BCUT2D eigenvalue weighted by molar-refractivity contribution is -0.130. The fraction of sp³-hybridized carbons (Fsp3) is 0.500. The molecule has 1 saturated heterocycles. The highest BCUT2D eigenvalue weighted by molar-refractivity contribution is 9.10. The Labute approximate surface area is 137 Å². The summed E-state index contributed by atoms with van der Waals surface area (Å²) in [5, 5.41) is 0. The Kier molecular flexibility index (Phi) is 4.03. The predicted octanol–water partition coefficient (Wildman–Crippen LogP) is 2.10. The van der Waals surface area contributed by atoms with Crippen LogP contribution >= 0.6 is 15.9 Å². The van der Waals surface area contributed by atoms with Gasteiger partial charge in [0, 0.05) is 38.2 Å². The summed E-state index contributed by atoms with van der Waals surface area (Å²) in [5.41, 5.74) is 0.225. The molecule has 1 aromatic rings. The molecule has 0 spiro atoms. The molecule has 2 heterocycles. The Bertz CT molecular complexity index is 730. The van der Waals surface area contributed by atoms with Crippen molar-refractivity contribution >= 4 is 31.9 Å². The molecule has 120 valence electrons. The maximum Gasteiger partial charge on any atom is 0.244 e. The smallest absolute Gasteiger partial charge is 0.244 e. The second kappa shape index (κ2) is 5.58. The molecular formula is C14H16BrFN2O3S. The molecule has 2 aliphatic rings. The van der Waals surface area contributed by atoms with Crippen molar-refractivity contribution in [2.24, 2.45) is 0 Å². The minimum Gasteiger partial charge on any atom is -0.343 e. The van der Waals surface area contributed by atoms with Crippen LogP contribution in [0.2, 0.25) is 0 Å². The number of piperidine rings is 1. The molecule has 0 bridgehead atoms. The summed E-state index contributed by atoms with van der Waals surface area (Å²) in [7, 11) is -3.65. The number of sulfonamides is 1. The van der Waals surface area contributed by atoms with E-state index in [0.717, 1.165) is 0 Å². The average Bonchev–Trinajstić information content (AvgIpc) is 2.75. The molecular weight excluding hydrogens is 375 g/mol. The highest BCUT2D eigenvalue weighted by Gasteiger charge is 2.42. The first-order chi connectivity index (χ1) is 10.3. The third-order valence-corrected chi connectivity index (χ3v) is 6.97. The number of benzene rings is 1. The summed E-state index contributed by atoms with van der Waals surface area (Å²) in [6.07, 6.45) is 1.16. The Morgan fingerprint density at radius 3 is 2.55 bits per heavy atom. The molecule has 1 aromatic carbocycles. The lowest BCUT2D eigenvalue weighted by atomic mass is 10.0. The van der Waals surface area contributed by atoms with E-state index in [1.807, 2.05) is 0 Å². The summed E-state index contributed by atoms with van der Waals surface area (Å²) in [6.45, 7) is 2.65. The first-order valence-corrected chi connectivity index (χ1v) is 9.30. The van der Waals surface area contributed by atoms with Crippen LogP contribution in [0.1, 0.15) is 25.3 Å². The van der Waals surface area contributed by atoms with Crippen molar-refractivity contribution < 1.29 is 17.6 Å². The van der Waals surface area contributed by atoms with Gasteiger partial charge in [-0.15, -0.1) is 0 Å². The Morgan fingerprint density at radius 2 is 1.95 bits per heavy atom. The summed E-state index contributed by atoms with van der Waals surface area (Å²) in [4.78, 5) is 13.1. The molecule has 5 nitrogen and oxygen atoms in total. The molecule has 1 fully saturated rings. The van der Waals surface area contributed by atoms with Crippen molar-refractivity contribution in [3.63, 3.8) is 0 Å².